The first-order valence-electron chi connectivity index (χ1n) is 11.4. The van der Waals surface area contributed by atoms with Crippen LogP contribution in [0.2, 0.25) is 0 Å². The van der Waals surface area contributed by atoms with Crippen molar-refractivity contribution < 1.29 is 14.4 Å². The Kier molecular flexibility index (Phi) is 7.09. The van der Waals surface area contributed by atoms with Gasteiger partial charge in [0.05, 0.1) is 0 Å². The lowest BCUT2D eigenvalue weighted by atomic mass is 9.70. The maximum Gasteiger partial charge on any atom is 0.331 e. The van der Waals surface area contributed by atoms with Crippen molar-refractivity contribution in [2.24, 2.45) is 5.16 Å². The van der Waals surface area contributed by atoms with Gasteiger partial charge in [-0.15, -0.1) is 0 Å². The molecule has 4 heteroatoms. The van der Waals surface area contributed by atoms with Gasteiger partial charge in [-0.1, -0.05) is 80.6 Å². The van der Waals surface area contributed by atoms with Crippen LogP contribution in [0, 0.1) is 6.92 Å². The summed E-state index contributed by atoms with van der Waals surface area (Å²) in [6, 6.07) is 12.8. The highest BCUT2D eigenvalue weighted by Crippen LogP contribution is 2.54. The molecule has 1 aliphatic rings. The van der Waals surface area contributed by atoms with Crippen molar-refractivity contribution in [1.82, 2.24) is 0 Å². The van der Waals surface area contributed by atoms with Crippen LogP contribution in [0.25, 0.3) is 11.1 Å². The Labute approximate surface area is 185 Å². The van der Waals surface area contributed by atoms with Gasteiger partial charge in [-0.25, -0.2) is 4.79 Å². The van der Waals surface area contributed by atoms with E-state index in [-0.39, 0.29) is 16.9 Å². The summed E-state index contributed by atoms with van der Waals surface area (Å²) < 4.78 is 0. The molecule has 0 saturated carbocycles. The van der Waals surface area contributed by atoms with Crippen LogP contribution in [0.15, 0.2) is 41.6 Å². The van der Waals surface area contributed by atoms with E-state index in [1.165, 1.54) is 34.7 Å². The number of carbonyl (C=O) groups is 2. The van der Waals surface area contributed by atoms with Crippen molar-refractivity contribution in [3.63, 3.8) is 0 Å². The molecule has 2 aromatic carbocycles. The minimum absolute atomic E-state index is 0.0695. The number of nitrogens with zero attached hydrogens (tertiary/aromatic N) is 1. The molecule has 2 aromatic rings. The van der Waals surface area contributed by atoms with Crippen molar-refractivity contribution in [3.8, 4) is 11.1 Å². The molecule has 0 saturated heterocycles. The van der Waals surface area contributed by atoms with Gasteiger partial charge >= 0.3 is 5.97 Å². The molecule has 1 aliphatic carbocycles. The predicted molar refractivity (Wildman–Crippen MR) is 126 cm³/mol. The lowest BCUT2D eigenvalue weighted by Crippen LogP contribution is -2.26. The summed E-state index contributed by atoms with van der Waals surface area (Å²) in [6.07, 6.45) is 6.70. The second-order valence-electron chi connectivity index (χ2n) is 8.69. The smallest absolute Gasteiger partial charge is 0.318 e. The number of carbonyl (C=O) groups excluding carboxylic acids is 2. The average Bonchev–Trinajstić information content (AvgIpc) is 3.02. The number of hydrogen-bond acceptors (Lipinski definition) is 4. The quantitative estimate of drug-likeness (QED) is 0.195. The fourth-order valence-corrected chi connectivity index (χ4v) is 4.75. The van der Waals surface area contributed by atoms with E-state index in [2.05, 4.69) is 61.1 Å². The highest BCUT2D eigenvalue weighted by atomic mass is 16.7. The van der Waals surface area contributed by atoms with Crippen LogP contribution in [0.5, 0.6) is 0 Å². The summed E-state index contributed by atoms with van der Waals surface area (Å²) in [5, 5.41) is 3.70. The molecule has 3 rings (SSSR count). The molecule has 0 spiro atoms. The lowest BCUT2D eigenvalue weighted by molar-refractivity contribution is -0.140. The fourth-order valence-electron chi connectivity index (χ4n) is 4.75. The van der Waals surface area contributed by atoms with Crippen LogP contribution in [0.1, 0.15) is 93.3 Å². The number of Topliss-reactive ketones (excluding diaryl/α,β-unsaturated/α-hetero) is 1. The first kappa shape index (κ1) is 22.9. The number of benzene rings is 2. The van der Waals surface area contributed by atoms with Gasteiger partial charge in [0.2, 0.25) is 5.78 Å². The standard InChI is InChI=1S/C27H33NO3/c1-6-8-14-27(15-9-7-2)24-16-18(3)10-12-22(24)23-13-11-21(17-25(23)27)26(30)19(4)28-31-20(5)29/h10-13,16-17H,6-9,14-15H2,1-5H3/b28-19+. The third-order valence-corrected chi connectivity index (χ3v) is 6.33. The molecule has 164 valence electrons. The Balaban J connectivity index is 2.14. The number of oxime groups is 1. The van der Waals surface area contributed by atoms with E-state index in [1.54, 1.807) is 6.92 Å². The maximum atomic E-state index is 13.0. The van der Waals surface area contributed by atoms with Crippen molar-refractivity contribution in [1.29, 1.82) is 0 Å². The van der Waals surface area contributed by atoms with Gasteiger partial charge in [-0.3, -0.25) is 4.79 Å². The zero-order valence-corrected chi connectivity index (χ0v) is 19.4. The molecular weight excluding hydrogens is 386 g/mol. The Morgan fingerprint density at radius 2 is 1.48 bits per heavy atom. The SMILES string of the molecule is CCCCC1(CCCC)c2cc(C)ccc2-c2ccc(C(=O)/C(C)=N/OC(C)=O)cc21. The van der Waals surface area contributed by atoms with Crippen LogP contribution < -0.4 is 0 Å². The molecule has 0 fully saturated rings. The first-order valence-corrected chi connectivity index (χ1v) is 11.4. The molecule has 0 amide bonds. The first-order chi connectivity index (χ1) is 14.8. The highest BCUT2D eigenvalue weighted by Gasteiger charge is 2.42. The number of aryl methyl sites for hydroxylation is 1. The molecule has 0 unspecified atom stereocenters. The molecule has 0 atom stereocenters. The Bertz CT molecular complexity index is 1010. The third-order valence-electron chi connectivity index (χ3n) is 6.33. The summed E-state index contributed by atoms with van der Waals surface area (Å²) in [7, 11) is 0. The molecule has 0 bridgehead atoms. The van der Waals surface area contributed by atoms with Gasteiger partial charge < -0.3 is 4.84 Å². The molecule has 0 N–H and O–H groups in total. The topological polar surface area (TPSA) is 55.7 Å². The molecule has 0 heterocycles. The van der Waals surface area contributed by atoms with Gasteiger partial charge in [-0.05, 0) is 55.0 Å². The van der Waals surface area contributed by atoms with Gasteiger partial charge in [-0.2, -0.15) is 0 Å². The monoisotopic (exact) mass is 419 g/mol. The maximum absolute atomic E-state index is 13.0. The van der Waals surface area contributed by atoms with Crippen molar-refractivity contribution in [2.75, 3.05) is 0 Å². The van der Waals surface area contributed by atoms with E-state index in [4.69, 9.17) is 0 Å². The summed E-state index contributed by atoms with van der Waals surface area (Å²) in [5.74, 6) is -0.749. The normalized spacial score (nSPS) is 14.2. The van der Waals surface area contributed by atoms with Crippen molar-refractivity contribution in [3.05, 3.63) is 58.7 Å². The van der Waals surface area contributed by atoms with Crippen LogP contribution in [-0.2, 0) is 15.0 Å². The van der Waals surface area contributed by atoms with Gasteiger partial charge in [0.1, 0.15) is 5.71 Å². The van der Waals surface area contributed by atoms with Gasteiger partial charge in [0.15, 0.2) is 0 Å². The Morgan fingerprint density at radius 3 is 2.06 bits per heavy atom. The van der Waals surface area contributed by atoms with E-state index in [0.29, 0.717) is 5.56 Å². The highest BCUT2D eigenvalue weighted by molar-refractivity contribution is 6.45. The number of fused-ring (bicyclic) bond motifs is 3. The Hall–Kier alpha value is -2.75. The third kappa shape index (κ3) is 4.48. The van der Waals surface area contributed by atoms with E-state index in [0.717, 1.165) is 38.5 Å². The minimum atomic E-state index is -0.537. The zero-order valence-electron chi connectivity index (χ0n) is 19.4. The largest absolute Gasteiger partial charge is 0.331 e. The van der Waals surface area contributed by atoms with Crippen LogP contribution in [0.3, 0.4) is 0 Å². The van der Waals surface area contributed by atoms with E-state index >= 15 is 0 Å². The summed E-state index contributed by atoms with van der Waals surface area (Å²) >= 11 is 0. The summed E-state index contributed by atoms with van der Waals surface area (Å²) in [6.45, 7) is 9.46. The number of hydrogen-bond donors (Lipinski definition) is 0. The fraction of sp³-hybridized carbons (Fsp3) is 0.444. The summed E-state index contributed by atoms with van der Waals surface area (Å²) in [5.41, 5.74) is 7.14. The van der Waals surface area contributed by atoms with Gasteiger partial charge in [0.25, 0.3) is 0 Å². The van der Waals surface area contributed by atoms with Crippen molar-refractivity contribution >= 4 is 17.5 Å². The Morgan fingerprint density at radius 1 is 0.903 bits per heavy atom. The van der Waals surface area contributed by atoms with Crippen LogP contribution in [0.4, 0.5) is 0 Å². The lowest BCUT2D eigenvalue weighted by Gasteiger charge is -2.33. The number of unbranched alkanes of at least 4 members (excludes halogenated alkanes) is 2. The van der Waals surface area contributed by atoms with Crippen LogP contribution in [-0.4, -0.2) is 17.5 Å². The van der Waals surface area contributed by atoms with Crippen molar-refractivity contribution in [2.45, 2.75) is 78.6 Å². The molecule has 31 heavy (non-hydrogen) atoms. The summed E-state index contributed by atoms with van der Waals surface area (Å²) in [4.78, 5) is 28.7. The van der Waals surface area contributed by atoms with E-state index in [1.807, 2.05) is 6.07 Å². The zero-order chi connectivity index (χ0) is 22.6. The van der Waals surface area contributed by atoms with Gasteiger partial charge in [0, 0.05) is 17.9 Å². The number of rotatable bonds is 9. The predicted octanol–water partition coefficient (Wildman–Crippen LogP) is 6.76. The average molecular weight is 420 g/mol. The van der Waals surface area contributed by atoms with E-state index in [9.17, 15) is 9.59 Å². The number of ketones is 1. The molecule has 0 aliphatic heterocycles. The molecule has 0 aromatic heterocycles. The van der Waals surface area contributed by atoms with E-state index < -0.39 is 5.97 Å². The van der Waals surface area contributed by atoms with Crippen LogP contribution >= 0.6 is 0 Å². The molecule has 4 nitrogen and oxygen atoms in total. The second kappa shape index (κ2) is 9.59. The molecular formula is C27H33NO3. The molecule has 0 radical (unpaired) electrons. The minimum Gasteiger partial charge on any atom is -0.318 e. The second-order valence-corrected chi connectivity index (χ2v) is 8.69.